The molecule has 1 aliphatic rings. The zero-order valence-corrected chi connectivity index (χ0v) is 10.9. The fourth-order valence-corrected chi connectivity index (χ4v) is 1.62. The maximum Gasteiger partial charge on any atom is 0.418 e. The molecule has 1 aromatic carbocycles. The van der Waals surface area contributed by atoms with Crippen LogP contribution in [0.25, 0.3) is 12.2 Å². The minimum absolute atomic E-state index is 0.372. The minimum Gasteiger partial charge on any atom is -0.443 e. The summed E-state index contributed by atoms with van der Waals surface area (Å²) in [7, 11) is 0. The smallest absolute Gasteiger partial charge is 0.418 e. The van der Waals surface area contributed by atoms with Gasteiger partial charge in [0.1, 0.15) is 5.60 Å². The SMILES string of the molecule is CC(C)(C)OC(=O)N1C=Cc2ccccc2C=C1. The highest BCUT2D eigenvalue weighted by molar-refractivity contribution is 5.76. The van der Waals surface area contributed by atoms with Gasteiger partial charge in [0.2, 0.25) is 0 Å². The molecule has 1 aromatic rings. The van der Waals surface area contributed by atoms with E-state index in [4.69, 9.17) is 4.74 Å². The zero-order chi connectivity index (χ0) is 13.2. The monoisotopic (exact) mass is 243 g/mol. The van der Waals surface area contributed by atoms with E-state index in [0.29, 0.717) is 0 Å². The van der Waals surface area contributed by atoms with Gasteiger partial charge in [0.05, 0.1) is 0 Å². The second-order valence-corrected chi connectivity index (χ2v) is 5.15. The number of rotatable bonds is 0. The summed E-state index contributed by atoms with van der Waals surface area (Å²) in [5, 5.41) is 0. The zero-order valence-electron chi connectivity index (χ0n) is 10.9. The van der Waals surface area contributed by atoms with Gasteiger partial charge in [0, 0.05) is 12.4 Å². The topological polar surface area (TPSA) is 29.5 Å². The molecule has 94 valence electrons. The third-order valence-corrected chi connectivity index (χ3v) is 2.43. The molecule has 0 aromatic heterocycles. The molecule has 0 radical (unpaired) electrons. The van der Waals surface area contributed by atoms with E-state index in [9.17, 15) is 4.79 Å². The number of nitrogens with zero attached hydrogens (tertiary/aromatic N) is 1. The summed E-state index contributed by atoms with van der Waals surface area (Å²) < 4.78 is 5.32. The summed E-state index contributed by atoms with van der Waals surface area (Å²) in [5.41, 5.74) is 1.68. The highest BCUT2D eigenvalue weighted by Gasteiger charge is 2.20. The Morgan fingerprint density at radius 2 is 1.56 bits per heavy atom. The van der Waals surface area contributed by atoms with Crippen LogP contribution in [0, 0.1) is 0 Å². The molecule has 1 heterocycles. The average Bonchev–Trinajstić information content (AvgIpc) is 2.49. The number of fused-ring (bicyclic) bond motifs is 1. The predicted octanol–water partition coefficient (Wildman–Crippen LogP) is 3.88. The molecule has 1 amide bonds. The molecule has 0 aliphatic carbocycles. The number of ether oxygens (including phenoxy) is 1. The molecule has 3 nitrogen and oxygen atoms in total. The molecule has 18 heavy (non-hydrogen) atoms. The van der Waals surface area contributed by atoms with Gasteiger partial charge < -0.3 is 4.74 Å². The largest absolute Gasteiger partial charge is 0.443 e. The molecule has 0 N–H and O–H groups in total. The second-order valence-electron chi connectivity index (χ2n) is 5.15. The van der Waals surface area contributed by atoms with Gasteiger partial charge in [-0.1, -0.05) is 24.3 Å². The molecular weight excluding hydrogens is 226 g/mol. The highest BCUT2D eigenvalue weighted by Crippen LogP contribution is 2.18. The molecule has 0 atom stereocenters. The molecule has 0 unspecified atom stereocenters. The van der Waals surface area contributed by atoms with Crippen LogP contribution < -0.4 is 0 Å². The maximum atomic E-state index is 11.9. The van der Waals surface area contributed by atoms with E-state index in [-0.39, 0.29) is 6.09 Å². The number of carbonyl (C=O) groups is 1. The first kappa shape index (κ1) is 12.4. The number of hydrogen-bond acceptors (Lipinski definition) is 2. The molecule has 0 saturated heterocycles. The standard InChI is InChI=1S/C15H17NO2/c1-15(2,3)18-14(17)16-10-8-12-6-4-5-7-13(12)9-11-16/h4-11H,1-3H3. The molecule has 1 aliphatic heterocycles. The van der Waals surface area contributed by atoms with E-state index in [1.54, 1.807) is 12.4 Å². The Hall–Kier alpha value is -2.03. The Balaban J connectivity index is 2.18. The van der Waals surface area contributed by atoms with Crippen LogP contribution in [0.5, 0.6) is 0 Å². The Kier molecular flexibility index (Phi) is 3.24. The highest BCUT2D eigenvalue weighted by atomic mass is 16.6. The number of amides is 1. The van der Waals surface area contributed by atoms with Crippen LogP contribution in [0.3, 0.4) is 0 Å². The van der Waals surface area contributed by atoms with Crippen LogP contribution >= 0.6 is 0 Å². The van der Waals surface area contributed by atoms with Crippen molar-refractivity contribution in [2.75, 3.05) is 0 Å². The van der Waals surface area contributed by atoms with Crippen LogP contribution in [-0.4, -0.2) is 16.6 Å². The van der Waals surface area contributed by atoms with Crippen molar-refractivity contribution in [3.05, 3.63) is 47.8 Å². The van der Waals surface area contributed by atoms with Gasteiger partial charge in [-0.15, -0.1) is 0 Å². The fraction of sp³-hybridized carbons (Fsp3) is 0.267. The number of carbonyl (C=O) groups excluding carboxylic acids is 1. The van der Waals surface area contributed by atoms with Crippen molar-refractivity contribution in [1.29, 1.82) is 0 Å². The van der Waals surface area contributed by atoms with Gasteiger partial charge >= 0.3 is 6.09 Å². The molecule has 2 rings (SSSR count). The molecule has 0 saturated carbocycles. The van der Waals surface area contributed by atoms with Crippen molar-refractivity contribution in [2.24, 2.45) is 0 Å². The second kappa shape index (κ2) is 4.69. The summed E-state index contributed by atoms with van der Waals surface area (Å²) in [6.45, 7) is 5.56. The van der Waals surface area contributed by atoms with Crippen LogP contribution in [0.1, 0.15) is 31.9 Å². The summed E-state index contributed by atoms with van der Waals surface area (Å²) in [4.78, 5) is 13.4. The average molecular weight is 243 g/mol. The Bertz CT molecular complexity index is 476. The van der Waals surface area contributed by atoms with Crippen molar-refractivity contribution in [3.63, 3.8) is 0 Å². The first-order valence-corrected chi connectivity index (χ1v) is 5.92. The lowest BCUT2D eigenvalue weighted by atomic mass is 10.1. The van der Waals surface area contributed by atoms with Crippen molar-refractivity contribution in [3.8, 4) is 0 Å². The van der Waals surface area contributed by atoms with Crippen molar-refractivity contribution in [2.45, 2.75) is 26.4 Å². The lowest BCUT2D eigenvalue weighted by Gasteiger charge is -2.22. The van der Waals surface area contributed by atoms with Gasteiger partial charge in [-0.25, -0.2) is 4.79 Å². The quantitative estimate of drug-likeness (QED) is 0.692. The number of hydrogen-bond donors (Lipinski definition) is 0. The number of benzene rings is 1. The molecular formula is C15H17NO2. The predicted molar refractivity (Wildman–Crippen MR) is 72.6 cm³/mol. The molecule has 0 spiro atoms. The van der Waals surface area contributed by atoms with Gasteiger partial charge in [-0.2, -0.15) is 0 Å². The first-order chi connectivity index (χ1) is 8.46. The Morgan fingerprint density at radius 3 is 2.00 bits per heavy atom. The summed E-state index contributed by atoms with van der Waals surface area (Å²) in [6, 6.07) is 7.96. The Morgan fingerprint density at radius 1 is 1.06 bits per heavy atom. The van der Waals surface area contributed by atoms with E-state index in [1.165, 1.54) is 4.90 Å². The normalized spacial score (nSPS) is 14.1. The Labute approximate surface area is 107 Å². The van der Waals surface area contributed by atoms with E-state index in [0.717, 1.165) is 11.1 Å². The lowest BCUT2D eigenvalue weighted by Crippen LogP contribution is -2.30. The van der Waals surface area contributed by atoms with Crippen molar-refractivity contribution < 1.29 is 9.53 Å². The van der Waals surface area contributed by atoms with Crippen LogP contribution in [0.15, 0.2) is 36.7 Å². The first-order valence-electron chi connectivity index (χ1n) is 5.92. The van der Waals surface area contributed by atoms with Gasteiger partial charge in [-0.05, 0) is 44.1 Å². The molecule has 3 heteroatoms. The summed E-state index contributed by atoms with van der Waals surface area (Å²) in [6.07, 6.45) is 6.87. The van der Waals surface area contributed by atoms with E-state index in [1.807, 2.05) is 57.2 Å². The van der Waals surface area contributed by atoms with Gasteiger partial charge in [0.15, 0.2) is 0 Å². The van der Waals surface area contributed by atoms with Gasteiger partial charge in [-0.3, -0.25) is 4.90 Å². The molecule has 0 fully saturated rings. The van der Waals surface area contributed by atoms with Crippen molar-refractivity contribution in [1.82, 2.24) is 4.90 Å². The van der Waals surface area contributed by atoms with Crippen LogP contribution in [-0.2, 0) is 4.74 Å². The van der Waals surface area contributed by atoms with E-state index >= 15 is 0 Å². The van der Waals surface area contributed by atoms with E-state index in [2.05, 4.69) is 0 Å². The summed E-state index contributed by atoms with van der Waals surface area (Å²) >= 11 is 0. The van der Waals surface area contributed by atoms with Crippen LogP contribution in [0.4, 0.5) is 4.79 Å². The third kappa shape index (κ3) is 3.00. The summed E-state index contributed by atoms with van der Waals surface area (Å²) in [5.74, 6) is 0. The third-order valence-electron chi connectivity index (χ3n) is 2.43. The van der Waals surface area contributed by atoms with Crippen molar-refractivity contribution >= 4 is 18.2 Å². The minimum atomic E-state index is -0.488. The molecule has 0 bridgehead atoms. The lowest BCUT2D eigenvalue weighted by molar-refractivity contribution is 0.0402. The maximum absolute atomic E-state index is 11.9. The fourth-order valence-electron chi connectivity index (χ4n) is 1.62. The van der Waals surface area contributed by atoms with E-state index < -0.39 is 5.60 Å². The van der Waals surface area contributed by atoms with Crippen LogP contribution in [0.2, 0.25) is 0 Å². The van der Waals surface area contributed by atoms with Gasteiger partial charge in [0.25, 0.3) is 0 Å².